The number of rotatable bonds is 6. The van der Waals surface area contributed by atoms with E-state index in [9.17, 15) is 4.79 Å². The molecule has 3 heteroatoms. The molecule has 0 aliphatic carbocycles. The van der Waals surface area contributed by atoms with Gasteiger partial charge in [0, 0.05) is 0 Å². The van der Waals surface area contributed by atoms with Crippen LogP contribution in [0.5, 0.6) is 5.75 Å². The molecule has 20 heavy (non-hydrogen) atoms. The second-order valence-electron chi connectivity index (χ2n) is 4.59. The second-order valence-corrected chi connectivity index (χ2v) is 4.59. The summed E-state index contributed by atoms with van der Waals surface area (Å²) in [4.78, 5) is 11.8. The summed E-state index contributed by atoms with van der Waals surface area (Å²) < 4.78 is 10.9. The van der Waals surface area contributed by atoms with Crippen molar-refractivity contribution in [1.29, 1.82) is 0 Å². The van der Waals surface area contributed by atoms with E-state index in [0.717, 1.165) is 11.3 Å². The Hall–Kier alpha value is -2.29. The van der Waals surface area contributed by atoms with Crippen LogP contribution in [0, 0.1) is 0 Å². The first-order chi connectivity index (χ1) is 9.74. The fourth-order valence-corrected chi connectivity index (χ4v) is 1.79. The van der Waals surface area contributed by atoms with Crippen molar-refractivity contribution in [3.05, 3.63) is 66.2 Å². The van der Waals surface area contributed by atoms with Gasteiger partial charge in [-0.3, -0.25) is 4.79 Å². The summed E-state index contributed by atoms with van der Waals surface area (Å²) in [6.45, 7) is 2.18. The number of carbonyl (C=O) groups excluding carboxylic acids is 1. The smallest absolute Gasteiger partial charge is 0.310 e. The number of hydrogen-bond acceptors (Lipinski definition) is 3. The van der Waals surface area contributed by atoms with Crippen LogP contribution in [0.15, 0.2) is 60.7 Å². The second kappa shape index (κ2) is 7.34. The van der Waals surface area contributed by atoms with Gasteiger partial charge in [-0.1, -0.05) is 48.5 Å². The zero-order valence-electron chi connectivity index (χ0n) is 11.5. The van der Waals surface area contributed by atoms with Crippen LogP contribution in [0.25, 0.3) is 0 Å². The summed E-state index contributed by atoms with van der Waals surface area (Å²) in [5.41, 5.74) is 0.952. The lowest BCUT2D eigenvalue weighted by Crippen LogP contribution is -2.23. The van der Waals surface area contributed by atoms with Crippen LogP contribution in [0.3, 0.4) is 0 Å². The largest absolute Gasteiger partial charge is 0.490 e. The van der Waals surface area contributed by atoms with Gasteiger partial charge in [0.25, 0.3) is 0 Å². The van der Waals surface area contributed by atoms with Crippen LogP contribution in [0.1, 0.15) is 12.5 Å². The lowest BCUT2D eigenvalue weighted by molar-refractivity contribution is -0.148. The van der Waals surface area contributed by atoms with Crippen LogP contribution in [-0.2, 0) is 16.0 Å². The van der Waals surface area contributed by atoms with E-state index in [4.69, 9.17) is 9.47 Å². The Labute approximate surface area is 119 Å². The van der Waals surface area contributed by atoms with Crippen LogP contribution in [0.4, 0.5) is 0 Å². The van der Waals surface area contributed by atoms with E-state index in [1.54, 1.807) is 0 Å². The fourth-order valence-electron chi connectivity index (χ4n) is 1.79. The molecule has 104 valence electrons. The van der Waals surface area contributed by atoms with E-state index in [0.29, 0.717) is 6.61 Å². The SMILES string of the molecule is CC(COc1ccccc1)OC(=O)Cc1ccccc1. The highest BCUT2D eigenvalue weighted by molar-refractivity contribution is 5.72. The highest BCUT2D eigenvalue weighted by Crippen LogP contribution is 2.09. The normalized spacial score (nSPS) is 11.7. The standard InChI is InChI=1S/C17H18O3/c1-14(13-19-16-10-6-3-7-11-16)20-17(18)12-15-8-4-2-5-9-15/h2-11,14H,12-13H2,1H3. The number of carbonyl (C=O) groups is 1. The molecule has 1 unspecified atom stereocenters. The Kier molecular flexibility index (Phi) is 5.18. The Bertz CT molecular complexity index is 522. The Morgan fingerprint density at radius 3 is 2.25 bits per heavy atom. The topological polar surface area (TPSA) is 35.5 Å². The number of ether oxygens (including phenoxy) is 2. The van der Waals surface area contributed by atoms with E-state index < -0.39 is 0 Å². The molecule has 2 rings (SSSR count). The monoisotopic (exact) mass is 270 g/mol. The molecule has 3 nitrogen and oxygen atoms in total. The third-order valence-electron chi connectivity index (χ3n) is 2.75. The molecule has 0 spiro atoms. The van der Waals surface area contributed by atoms with Gasteiger partial charge in [0.15, 0.2) is 0 Å². The highest BCUT2D eigenvalue weighted by atomic mass is 16.6. The Morgan fingerprint density at radius 2 is 1.60 bits per heavy atom. The molecule has 0 bridgehead atoms. The molecule has 2 aromatic rings. The molecule has 0 amide bonds. The van der Waals surface area contributed by atoms with E-state index in [1.165, 1.54) is 0 Å². The third kappa shape index (κ3) is 4.76. The van der Waals surface area contributed by atoms with Crippen LogP contribution in [-0.4, -0.2) is 18.7 Å². The van der Waals surface area contributed by atoms with Gasteiger partial charge in [-0.25, -0.2) is 0 Å². The van der Waals surface area contributed by atoms with Crippen molar-refractivity contribution in [2.24, 2.45) is 0 Å². The van der Waals surface area contributed by atoms with Crippen molar-refractivity contribution in [3.8, 4) is 5.75 Å². The van der Waals surface area contributed by atoms with Crippen molar-refractivity contribution in [3.63, 3.8) is 0 Å². The Morgan fingerprint density at radius 1 is 1.00 bits per heavy atom. The number of para-hydroxylation sites is 1. The van der Waals surface area contributed by atoms with Crippen LogP contribution < -0.4 is 4.74 Å². The van der Waals surface area contributed by atoms with Gasteiger partial charge < -0.3 is 9.47 Å². The van der Waals surface area contributed by atoms with Gasteiger partial charge in [-0.15, -0.1) is 0 Å². The summed E-state index contributed by atoms with van der Waals surface area (Å²) >= 11 is 0. The molecule has 0 N–H and O–H groups in total. The maximum atomic E-state index is 11.8. The predicted octanol–water partition coefficient (Wildman–Crippen LogP) is 3.24. The lowest BCUT2D eigenvalue weighted by atomic mass is 10.1. The zero-order valence-corrected chi connectivity index (χ0v) is 11.5. The first-order valence-electron chi connectivity index (χ1n) is 6.65. The maximum Gasteiger partial charge on any atom is 0.310 e. The van der Waals surface area contributed by atoms with Gasteiger partial charge in [0.2, 0.25) is 0 Å². The first kappa shape index (κ1) is 14.1. The van der Waals surface area contributed by atoms with Crippen LogP contribution in [0.2, 0.25) is 0 Å². The van der Waals surface area contributed by atoms with E-state index in [2.05, 4.69) is 0 Å². The molecule has 0 heterocycles. The Balaban J connectivity index is 1.74. The van der Waals surface area contributed by atoms with Crippen molar-refractivity contribution in [2.45, 2.75) is 19.4 Å². The summed E-state index contributed by atoms with van der Waals surface area (Å²) in [5.74, 6) is 0.541. The average molecular weight is 270 g/mol. The molecule has 0 aromatic heterocycles. The molecule has 0 saturated carbocycles. The first-order valence-corrected chi connectivity index (χ1v) is 6.65. The van der Waals surface area contributed by atoms with Crippen molar-refractivity contribution in [2.75, 3.05) is 6.61 Å². The molecule has 1 atom stereocenters. The van der Waals surface area contributed by atoms with Crippen molar-refractivity contribution < 1.29 is 14.3 Å². The molecule has 0 aliphatic rings. The van der Waals surface area contributed by atoms with Crippen molar-refractivity contribution >= 4 is 5.97 Å². The lowest BCUT2D eigenvalue weighted by Gasteiger charge is -2.14. The minimum Gasteiger partial charge on any atom is -0.490 e. The number of esters is 1. The van der Waals surface area contributed by atoms with E-state index in [1.807, 2.05) is 67.6 Å². The molecule has 2 aromatic carbocycles. The van der Waals surface area contributed by atoms with E-state index >= 15 is 0 Å². The predicted molar refractivity (Wildman–Crippen MR) is 77.6 cm³/mol. The van der Waals surface area contributed by atoms with Gasteiger partial charge in [0.1, 0.15) is 18.5 Å². The minimum atomic E-state index is -0.272. The zero-order chi connectivity index (χ0) is 14.2. The number of benzene rings is 2. The molecule has 0 radical (unpaired) electrons. The van der Waals surface area contributed by atoms with Gasteiger partial charge in [0.05, 0.1) is 6.42 Å². The summed E-state index contributed by atoms with van der Waals surface area (Å²) in [7, 11) is 0. The molecular formula is C17H18O3. The minimum absolute atomic E-state index is 0.236. The third-order valence-corrected chi connectivity index (χ3v) is 2.75. The molecule has 0 aliphatic heterocycles. The van der Waals surface area contributed by atoms with Gasteiger partial charge in [-0.05, 0) is 24.6 Å². The van der Waals surface area contributed by atoms with Gasteiger partial charge >= 0.3 is 5.97 Å². The molecule has 0 saturated heterocycles. The summed E-state index contributed by atoms with van der Waals surface area (Å²) in [6.07, 6.45) is 0.0164. The maximum absolute atomic E-state index is 11.8. The highest BCUT2D eigenvalue weighted by Gasteiger charge is 2.10. The fraction of sp³-hybridized carbons (Fsp3) is 0.235. The quantitative estimate of drug-likeness (QED) is 0.756. The summed E-state index contributed by atoms with van der Waals surface area (Å²) in [6, 6.07) is 19.0. The van der Waals surface area contributed by atoms with E-state index in [-0.39, 0.29) is 18.5 Å². The van der Waals surface area contributed by atoms with Crippen molar-refractivity contribution in [1.82, 2.24) is 0 Å². The number of hydrogen-bond donors (Lipinski definition) is 0. The van der Waals surface area contributed by atoms with Gasteiger partial charge in [-0.2, -0.15) is 0 Å². The average Bonchev–Trinajstić information content (AvgIpc) is 2.47. The van der Waals surface area contributed by atoms with Crippen LogP contribution >= 0.6 is 0 Å². The molecular weight excluding hydrogens is 252 g/mol. The summed E-state index contributed by atoms with van der Waals surface area (Å²) in [5, 5.41) is 0. The molecule has 0 fully saturated rings.